The lowest BCUT2D eigenvalue weighted by atomic mass is 10.1. The molecule has 0 aliphatic rings. The van der Waals surface area contributed by atoms with Crippen molar-refractivity contribution in [3.8, 4) is 0 Å². The van der Waals surface area contributed by atoms with E-state index in [0.29, 0.717) is 0 Å². The number of hydrogen-bond donors (Lipinski definition) is 1. The minimum absolute atomic E-state index is 0.154. The molecule has 0 aromatic rings. The predicted molar refractivity (Wildman–Crippen MR) is 51.5 cm³/mol. The Morgan fingerprint density at radius 1 is 1.18 bits per heavy atom. The maximum atomic E-state index is 3.38. The lowest BCUT2D eigenvalue weighted by Crippen LogP contribution is -2.34. The molecule has 0 aromatic carbocycles. The van der Waals surface area contributed by atoms with E-state index in [9.17, 15) is 0 Å². The van der Waals surface area contributed by atoms with Crippen molar-refractivity contribution >= 4 is 0 Å². The van der Waals surface area contributed by atoms with Crippen LogP contribution in [0.1, 0.15) is 34.6 Å². The normalized spacial score (nSPS) is 14.1. The van der Waals surface area contributed by atoms with Crippen molar-refractivity contribution in [2.75, 3.05) is 0 Å². The molecule has 0 radical (unpaired) electrons. The third-order valence-electron chi connectivity index (χ3n) is 1.18. The Kier molecular flexibility index (Phi) is 3.94. The molecule has 11 heavy (non-hydrogen) atoms. The van der Waals surface area contributed by atoms with Crippen molar-refractivity contribution in [1.29, 1.82) is 0 Å². The molecule has 1 N–H and O–H groups in total. The van der Waals surface area contributed by atoms with Gasteiger partial charge in [-0.2, -0.15) is 0 Å². The third-order valence-corrected chi connectivity index (χ3v) is 1.18. The van der Waals surface area contributed by atoms with Crippen molar-refractivity contribution < 1.29 is 0 Å². The minimum atomic E-state index is 0.154. The Labute approximate surface area is 70.2 Å². The molecule has 64 valence electrons. The van der Waals surface area contributed by atoms with Gasteiger partial charge in [0.05, 0.1) is 0 Å². The molecule has 0 aliphatic carbocycles. The van der Waals surface area contributed by atoms with Crippen LogP contribution in [0.3, 0.4) is 0 Å². The molecule has 0 fully saturated rings. The van der Waals surface area contributed by atoms with Gasteiger partial charge in [0.15, 0.2) is 0 Å². The highest BCUT2D eigenvalue weighted by atomic mass is 15.0. The van der Waals surface area contributed by atoms with Gasteiger partial charge in [-0.15, -0.1) is 0 Å². The summed E-state index contributed by atoms with van der Waals surface area (Å²) in [5.74, 6) is 0. The summed E-state index contributed by atoms with van der Waals surface area (Å²) in [6.45, 7) is 10.5. The maximum Gasteiger partial charge on any atom is 0.0297 e. The van der Waals surface area contributed by atoms with Gasteiger partial charge in [-0.25, -0.2) is 0 Å². The Bertz CT molecular complexity index is 158. The summed E-state index contributed by atoms with van der Waals surface area (Å²) in [7, 11) is 0. The lowest BCUT2D eigenvalue weighted by molar-refractivity contribution is 0.479. The van der Waals surface area contributed by atoms with E-state index in [-0.39, 0.29) is 5.54 Å². The van der Waals surface area contributed by atoms with Crippen molar-refractivity contribution in [1.82, 2.24) is 5.32 Å². The fourth-order valence-corrected chi connectivity index (χ4v) is 0.823. The second kappa shape index (κ2) is 4.22. The molecule has 1 nitrogen and oxygen atoms in total. The van der Waals surface area contributed by atoms with Crippen LogP contribution in [0.5, 0.6) is 0 Å². The Morgan fingerprint density at radius 3 is 2.00 bits per heavy atom. The van der Waals surface area contributed by atoms with Gasteiger partial charge in [0.1, 0.15) is 0 Å². The molecule has 0 aliphatic heterocycles. The van der Waals surface area contributed by atoms with Crippen LogP contribution in [-0.4, -0.2) is 5.54 Å². The van der Waals surface area contributed by atoms with E-state index < -0.39 is 0 Å². The van der Waals surface area contributed by atoms with Gasteiger partial charge >= 0.3 is 0 Å². The molecular formula is C10H19N. The first-order valence-corrected chi connectivity index (χ1v) is 4.07. The molecule has 0 bridgehead atoms. The van der Waals surface area contributed by atoms with E-state index in [1.807, 2.05) is 19.9 Å². The second-order valence-electron chi connectivity index (χ2n) is 3.62. The fraction of sp³-hybridized carbons (Fsp3) is 0.600. The predicted octanol–water partition coefficient (Wildman–Crippen LogP) is 2.85. The van der Waals surface area contributed by atoms with Gasteiger partial charge in [0.25, 0.3) is 0 Å². The van der Waals surface area contributed by atoms with E-state index in [4.69, 9.17) is 0 Å². The van der Waals surface area contributed by atoms with Gasteiger partial charge in [-0.1, -0.05) is 12.2 Å². The Hall–Kier alpha value is -0.720. The molecule has 0 heterocycles. The Balaban J connectivity index is 4.12. The number of hydrogen-bond acceptors (Lipinski definition) is 1. The van der Waals surface area contributed by atoms with Crippen molar-refractivity contribution in [2.24, 2.45) is 0 Å². The van der Waals surface area contributed by atoms with Gasteiger partial charge in [0.2, 0.25) is 0 Å². The minimum Gasteiger partial charge on any atom is -0.381 e. The van der Waals surface area contributed by atoms with Crippen LogP contribution < -0.4 is 5.32 Å². The third kappa shape index (κ3) is 5.71. The monoisotopic (exact) mass is 153 g/mol. The van der Waals surface area contributed by atoms with E-state index in [2.05, 4.69) is 38.2 Å². The average Bonchev–Trinajstić information content (AvgIpc) is 1.84. The van der Waals surface area contributed by atoms with Gasteiger partial charge < -0.3 is 5.32 Å². The second-order valence-corrected chi connectivity index (χ2v) is 3.62. The maximum absolute atomic E-state index is 3.38. The van der Waals surface area contributed by atoms with Crippen LogP contribution in [0.25, 0.3) is 0 Å². The van der Waals surface area contributed by atoms with Gasteiger partial charge in [-0.05, 0) is 40.7 Å². The Morgan fingerprint density at radius 2 is 1.73 bits per heavy atom. The summed E-state index contributed by atoms with van der Waals surface area (Å²) < 4.78 is 0. The first-order chi connectivity index (χ1) is 4.99. The SMILES string of the molecule is C/C=C\C(=C/C)NC(C)(C)C. The molecule has 0 amide bonds. The van der Waals surface area contributed by atoms with E-state index >= 15 is 0 Å². The smallest absolute Gasteiger partial charge is 0.0297 e. The van der Waals surface area contributed by atoms with Crippen LogP contribution in [0.2, 0.25) is 0 Å². The number of rotatable bonds is 2. The average molecular weight is 153 g/mol. The quantitative estimate of drug-likeness (QED) is 0.601. The summed E-state index contributed by atoms with van der Waals surface area (Å²) >= 11 is 0. The van der Waals surface area contributed by atoms with Crippen molar-refractivity contribution in [3.63, 3.8) is 0 Å². The van der Waals surface area contributed by atoms with E-state index in [1.165, 1.54) is 5.70 Å². The summed E-state index contributed by atoms with van der Waals surface area (Å²) in [6.07, 6.45) is 6.19. The van der Waals surface area contributed by atoms with Crippen LogP contribution in [0.15, 0.2) is 23.9 Å². The highest BCUT2D eigenvalue weighted by molar-refractivity contribution is 5.16. The molecule has 0 saturated heterocycles. The summed E-state index contributed by atoms with van der Waals surface area (Å²) in [5.41, 5.74) is 1.33. The molecule has 1 heteroatoms. The van der Waals surface area contributed by atoms with Crippen LogP contribution >= 0.6 is 0 Å². The number of nitrogens with one attached hydrogen (secondary N) is 1. The number of allylic oxidation sites excluding steroid dienone is 3. The largest absolute Gasteiger partial charge is 0.381 e. The summed E-state index contributed by atoms with van der Waals surface area (Å²) in [5, 5.41) is 3.38. The molecule has 0 spiro atoms. The molecule has 0 atom stereocenters. The molecule has 0 saturated carbocycles. The summed E-state index contributed by atoms with van der Waals surface area (Å²) in [4.78, 5) is 0. The highest BCUT2D eigenvalue weighted by Gasteiger charge is 2.07. The topological polar surface area (TPSA) is 12.0 Å². The summed E-state index contributed by atoms with van der Waals surface area (Å²) in [6, 6.07) is 0. The standard InChI is InChI=1S/C10H19N/c1-6-8-9(7-2)11-10(3,4)5/h6-8,11H,1-5H3/b8-6-,9-7+. The zero-order chi connectivity index (χ0) is 8.91. The first kappa shape index (κ1) is 10.3. The molecule has 0 aromatic heterocycles. The molecule has 0 rings (SSSR count). The zero-order valence-corrected chi connectivity index (χ0v) is 8.23. The highest BCUT2D eigenvalue weighted by Crippen LogP contribution is 2.04. The molecular weight excluding hydrogens is 134 g/mol. The van der Waals surface area contributed by atoms with Crippen molar-refractivity contribution in [3.05, 3.63) is 23.9 Å². The van der Waals surface area contributed by atoms with Crippen molar-refractivity contribution in [2.45, 2.75) is 40.2 Å². The fourth-order valence-electron chi connectivity index (χ4n) is 0.823. The van der Waals surface area contributed by atoms with E-state index in [0.717, 1.165) is 0 Å². The molecule has 0 unspecified atom stereocenters. The van der Waals surface area contributed by atoms with Crippen LogP contribution in [0, 0.1) is 0 Å². The van der Waals surface area contributed by atoms with Crippen LogP contribution in [-0.2, 0) is 0 Å². The van der Waals surface area contributed by atoms with Crippen LogP contribution in [0.4, 0.5) is 0 Å². The zero-order valence-electron chi connectivity index (χ0n) is 8.23. The lowest BCUT2D eigenvalue weighted by Gasteiger charge is -2.22. The van der Waals surface area contributed by atoms with E-state index in [1.54, 1.807) is 0 Å². The first-order valence-electron chi connectivity index (χ1n) is 4.07. The van der Waals surface area contributed by atoms with Gasteiger partial charge in [-0.3, -0.25) is 0 Å². The van der Waals surface area contributed by atoms with Gasteiger partial charge in [0, 0.05) is 11.2 Å².